The molecular formula is C3H6ClF3O2. The van der Waals surface area contributed by atoms with Gasteiger partial charge in [0.05, 0.1) is 6.61 Å². The van der Waals surface area contributed by atoms with E-state index >= 15 is 0 Å². The summed E-state index contributed by atoms with van der Waals surface area (Å²) in [6.45, 7) is -1.27. The van der Waals surface area contributed by atoms with Crippen LogP contribution in [0.4, 0.5) is 13.2 Å². The van der Waals surface area contributed by atoms with Crippen molar-refractivity contribution in [3.05, 3.63) is 0 Å². The average molecular weight is 167 g/mol. The molecule has 0 aliphatic heterocycles. The fourth-order valence-corrected chi connectivity index (χ4v) is 0.104. The highest BCUT2D eigenvalue weighted by Gasteiger charge is 2.37. The fourth-order valence-electron chi connectivity index (χ4n) is 0.104. The van der Waals surface area contributed by atoms with Crippen LogP contribution >= 0.6 is 12.4 Å². The maximum atomic E-state index is 11.0. The SMILES string of the molecule is Cl.OCC(O)C(F)(F)F. The van der Waals surface area contributed by atoms with Crippen molar-refractivity contribution >= 4 is 12.4 Å². The van der Waals surface area contributed by atoms with Crippen LogP contribution in [0.15, 0.2) is 0 Å². The van der Waals surface area contributed by atoms with Crippen molar-refractivity contribution in [2.75, 3.05) is 6.61 Å². The van der Waals surface area contributed by atoms with E-state index in [-0.39, 0.29) is 12.4 Å². The molecule has 2 nitrogen and oxygen atoms in total. The summed E-state index contributed by atoms with van der Waals surface area (Å²) in [6.07, 6.45) is -7.28. The van der Waals surface area contributed by atoms with Crippen LogP contribution in [0.25, 0.3) is 0 Å². The molecule has 0 amide bonds. The number of hydrogen-bond acceptors (Lipinski definition) is 2. The molecule has 0 aromatic carbocycles. The van der Waals surface area contributed by atoms with Crippen molar-refractivity contribution < 1.29 is 23.4 Å². The first kappa shape index (κ1) is 11.8. The van der Waals surface area contributed by atoms with Crippen LogP contribution in [0.5, 0.6) is 0 Å². The summed E-state index contributed by atoms with van der Waals surface area (Å²) >= 11 is 0. The monoisotopic (exact) mass is 166 g/mol. The van der Waals surface area contributed by atoms with Gasteiger partial charge in [0.2, 0.25) is 0 Å². The topological polar surface area (TPSA) is 40.5 Å². The second kappa shape index (κ2) is 3.92. The number of rotatable bonds is 1. The lowest BCUT2D eigenvalue weighted by Gasteiger charge is -2.09. The molecule has 0 aromatic heterocycles. The molecular weight excluding hydrogens is 160 g/mol. The summed E-state index contributed by atoms with van der Waals surface area (Å²) in [5.74, 6) is 0. The molecule has 1 unspecified atom stereocenters. The molecule has 0 aromatic rings. The van der Waals surface area contributed by atoms with Crippen molar-refractivity contribution in [3.8, 4) is 0 Å². The maximum Gasteiger partial charge on any atom is 0.416 e. The molecule has 0 saturated carbocycles. The molecule has 0 aliphatic carbocycles. The second-order valence-electron chi connectivity index (χ2n) is 1.24. The van der Waals surface area contributed by atoms with Crippen LogP contribution in [0.3, 0.4) is 0 Å². The lowest BCUT2D eigenvalue weighted by molar-refractivity contribution is -0.212. The first-order valence-electron chi connectivity index (χ1n) is 1.84. The van der Waals surface area contributed by atoms with E-state index in [1.807, 2.05) is 0 Å². The van der Waals surface area contributed by atoms with E-state index in [0.29, 0.717) is 0 Å². The van der Waals surface area contributed by atoms with Gasteiger partial charge in [-0.2, -0.15) is 13.2 Å². The minimum Gasteiger partial charge on any atom is -0.393 e. The zero-order chi connectivity index (χ0) is 6.78. The van der Waals surface area contributed by atoms with Gasteiger partial charge >= 0.3 is 6.18 Å². The quantitative estimate of drug-likeness (QED) is 0.589. The normalized spacial score (nSPS) is 14.3. The lowest BCUT2D eigenvalue weighted by atomic mass is 10.4. The Balaban J connectivity index is 0. The molecule has 9 heavy (non-hydrogen) atoms. The molecule has 2 N–H and O–H groups in total. The highest BCUT2D eigenvalue weighted by Crippen LogP contribution is 2.18. The Morgan fingerprint density at radius 3 is 1.67 bits per heavy atom. The molecule has 0 rings (SSSR count). The highest BCUT2D eigenvalue weighted by molar-refractivity contribution is 5.85. The molecule has 0 saturated heterocycles. The minimum absolute atomic E-state index is 0. The van der Waals surface area contributed by atoms with Gasteiger partial charge in [-0.3, -0.25) is 0 Å². The Morgan fingerprint density at radius 1 is 1.33 bits per heavy atom. The number of aliphatic hydroxyl groups is 2. The Hall–Kier alpha value is -0.0000000000000000555. The van der Waals surface area contributed by atoms with E-state index in [2.05, 4.69) is 0 Å². The first-order valence-corrected chi connectivity index (χ1v) is 1.84. The van der Waals surface area contributed by atoms with Crippen LogP contribution in [-0.2, 0) is 0 Å². The van der Waals surface area contributed by atoms with Gasteiger partial charge in [-0.05, 0) is 0 Å². The summed E-state index contributed by atoms with van der Waals surface area (Å²) in [7, 11) is 0. The third-order valence-corrected chi connectivity index (χ3v) is 0.551. The summed E-state index contributed by atoms with van der Waals surface area (Å²) in [6, 6.07) is 0. The fraction of sp³-hybridized carbons (Fsp3) is 1.00. The van der Waals surface area contributed by atoms with Crippen LogP contribution in [0.1, 0.15) is 0 Å². The van der Waals surface area contributed by atoms with Gasteiger partial charge in [0.25, 0.3) is 0 Å². The van der Waals surface area contributed by atoms with Gasteiger partial charge in [0.1, 0.15) is 0 Å². The van der Waals surface area contributed by atoms with E-state index in [0.717, 1.165) is 0 Å². The standard InChI is InChI=1S/C3H5F3O2.ClH/c4-3(5,6)2(8)1-7;/h2,7-8H,1H2;1H. The third kappa shape index (κ3) is 4.50. The van der Waals surface area contributed by atoms with Gasteiger partial charge in [-0.25, -0.2) is 0 Å². The predicted octanol–water partition coefficient (Wildman–Crippen LogP) is 0.324. The zero-order valence-electron chi connectivity index (χ0n) is 4.22. The summed E-state index contributed by atoms with van der Waals surface area (Å²) in [5.41, 5.74) is 0. The molecule has 0 spiro atoms. The Kier molecular flexibility index (Phi) is 5.12. The van der Waals surface area contributed by atoms with Crippen molar-refractivity contribution in [1.29, 1.82) is 0 Å². The first-order chi connectivity index (χ1) is 3.48. The molecule has 0 aliphatic rings. The largest absolute Gasteiger partial charge is 0.416 e. The zero-order valence-corrected chi connectivity index (χ0v) is 5.04. The van der Waals surface area contributed by atoms with E-state index in [1.165, 1.54) is 0 Å². The van der Waals surface area contributed by atoms with E-state index in [4.69, 9.17) is 10.2 Å². The number of alkyl halides is 3. The van der Waals surface area contributed by atoms with Crippen molar-refractivity contribution in [2.45, 2.75) is 12.3 Å². The van der Waals surface area contributed by atoms with Gasteiger partial charge in [0, 0.05) is 0 Å². The molecule has 0 radical (unpaired) electrons. The summed E-state index contributed by atoms with van der Waals surface area (Å²) in [4.78, 5) is 0. The molecule has 0 fully saturated rings. The average Bonchev–Trinajstić information content (AvgIpc) is 1.62. The lowest BCUT2D eigenvalue weighted by Crippen LogP contribution is -2.31. The molecule has 58 valence electrons. The van der Waals surface area contributed by atoms with Crippen LogP contribution < -0.4 is 0 Å². The van der Waals surface area contributed by atoms with Crippen LogP contribution in [0, 0.1) is 0 Å². The second-order valence-corrected chi connectivity index (χ2v) is 1.24. The Labute approximate surface area is 55.7 Å². The number of hydrogen-bond donors (Lipinski definition) is 2. The molecule has 6 heteroatoms. The van der Waals surface area contributed by atoms with Gasteiger partial charge in [-0.15, -0.1) is 12.4 Å². The maximum absolute atomic E-state index is 11.0. The highest BCUT2D eigenvalue weighted by atomic mass is 35.5. The smallest absolute Gasteiger partial charge is 0.393 e. The summed E-state index contributed by atoms with van der Waals surface area (Å²) < 4.78 is 33.1. The van der Waals surface area contributed by atoms with E-state index in [1.54, 1.807) is 0 Å². The number of aliphatic hydroxyl groups excluding tert-OH is 2. The van der Waals surface area contributed by atoms with Crippen molar-refractivity contribution in [2.24, 2.45) is 0 Å². The minimum atomic E-state index is -4.69. The Morgan fingerprint density at radius 2 is 1.67 bits per heavy atom. The van der Waals surface area contributed by atoms with Gasteiger partial charge < -0.3 is 10.2 Å². The van der Waals surface area contributed by atoms with Crippen molar-refractivity contribution in [1.82, 2.24) is 0 Å². The Bertz CT molecular complexity index is 73.9. The third-order valence-electron chi connectivity index (χ3n) is 0.551. The van der Waals surface area contributed by atoms with Gasteiger partial charge in [0.15, 0.2) is 6.10 Å². The van der Waals surface area contributed by atoms with Crippen LogP contribution in [0.2, 0.25) is 0 Å². The van der Waals surface area contributed by atoms with Gasteiger partial charge in [-0.1, -0.05) is 0 Å². The molecule has 0 bridgehead atoms. The van der Waals surface area contributed by atoms with Crippen LogP contribution in [-0.4, -0.2) is 29.1 Å². The predicted molar refractivity (Wildman–Crippen MR) is 26.4 cm³/mol. The molecule has 0 heterocycles. The number of halogens is 4. The summed E-state index contributed by atoms with van der Waals surface area (Å²) in [5, 5.41) is 15.5. The molecule has 1 atom stereocenters. The van der Waals surface area contributed by atoms with Crippen molar-refractivity contribution in [3.63, 3.8) is 0 Å². The van der Waals surface area contributed by atoms with E-state index < -0.39 is 18.9 Å². The van der Waals surface area contributed by atoms with E-state index in [9.17, 15) is 13.2 Å².